The lowest BCUT2D eigenvalue weighted by molar-refractivity contribution is -0.705. The predicted octanol–water partition coefficient (Wildman–Crippen LogP) is 1.53. The van der Waals surface area contributed by atoms with Crippen molar-refractivity contribution < 1.29 is 28.6 Å². The highest BCUT2D eigenvalue weighted by atomic mass is 32.2. The molecule has 1 amide bonds. The SMILES string of the molecule is O=C(CSc1c([O-])on[n+]1-c1ccccc1)Nc1ccc2c(c1)OCCO2. The van der Waals surface area contributed by atoms with Gasteiger partial charge in [-0.25, -0.2) is 0 Å². The van der Waals surface area contributed by atoms with Crippen LogP contribution in [0.3, 0.4) is 0 Å². The molecule has 27 heavy (non-hydrogen) atoms. The first-order chi connectivity index (χ1) is 13.2. The molecule has 0 saturated carbocycles. The normalized spacial score (nSPS) is 12.6. The monoisotopic (exact) mass is 385 g/mol. The van der Waals surface area contributed by atoms with E-state index in [1.165, 1.54) is 4.68 Å². The number of ether oxygens (including phenoxy) is 2. The average Bonchev–Trinajstić information content (AvgIpc) is 3.07. The number of nitrogens with zero attached hydrogens (tertiary/aromatic N) is 2. The van der Waals surface area contributed by atoms with Gasteiger partial charge in [0.2, 0.25) is 11.6 Å². The fourth-order valence-corrected chi connectivity index (χ4v) is 3.30. The van der Waals surface area contributed by atoms with E-state index in [4.69, 9.17) is 14.0 Å². The first-order valence-corrected chi connectivity index (χ1v) is 9.16. The molecule has 0 atom stereocenters. The largest absolute Gasteiger partial charge is 0.538 e. The zero-order valence-corrected chi connectivity index (χ0v) is 14.9. The molecule has 1 N–H and O–H groups in total. The van der Waals surface area contributed by atoms with Crippen LogP contribution in [0.2, 0.25) is 0 Å². The molecule has 4 rings (SSSR count). The second-order valence-electron chi connectivity index (χ2n) is 5.61. The molecule has 0 bridgehead atoms. The van der Waals surface area contributed by atoms with Crippen LogP contribution in [-0.4, -0.2) is 30.1 Å². The quantitative estimate of drug-likeness (QED) is 0.525. The number of rotatable bonds is 5. The third-order valence-corrected chi connectivity index (χ3v) is 4.76. The number of anilines is 1. The first kappa shape index (κ1) is 17.2. The predicted molar refractivity (Wildman–Crippen MR) is 94.3 cm³/mol. The van der Waals surface area contributed by atoms with Gasteiger partial charge < -0.3 is 24.4 Å². The van der Waals surface area contributed by atoms with Gasteiger partial charge in [0, 0.05) is 23.9 Å². The number of para-hydroxylation sites is 1. The van der Waals surface area contributed by atoms with Crippen molar-refractivity contribution in [3.05, 3.63) is 48.5 Å². The summed E-state index contributed by atoms with van der Waals surface area (Å²) in [6.07, 6.45) is 0. The molecule has 0 spiro atoms. The molecule has 1 aliphatic rings. The van der Waals surface area contributed by atoms with Gasteiger partial charge in [-0.05, 0) is 28.6 Å². The lowest BCUT2D eigenvalue weighted by Gasteiger charge is -2.18. The molecule has 1 aliphatic heterocycles. The van der Waals surface area contributed by atoms with E-state index in [2.05, 4.69) is 10.6 Å². The third kappa shape index (κ3) is 3.82. The zero-order valence-electron chi connectivity index (χ0n) is 14.1. The van der Waals surface area contributed by atoms with Crippen molar-refractivity contribution in [3.8, 4) is 23.1 Å². The van der Waals surface area contributed by atoms with Gasteiger partial charge in [0.1, 0.15) is 13.2 Å². The van der Waals surface area contributed by atoms with Crippen molar-refractivity contribution >= 4 is 23.4 Å². The number of carbonyl (C=O) groups excluding carboxylic acids is 1. The van der Waals surface area contributed by atoms with Crippen molar-refractivity contribution in [3.63, 3.8) is 0 Å². The molecule has 0 unspecified atom stereocenters. The molecule has 3 aromatic rings. The summed E-state index contributed by atoms with van der Waals surface area (Å²) in [5.74, 6) is 0.415. The number of carbonyl (C=O) groups is 1. The minimum absolute atomic E-state index is 0.0255. The van der Waals surface area contributed by atoms with Crippen LogP contribution in [0, 0.1) is 0 Å². The van der Waals surface area contributed by atoms with Gasteiger partial charge in [-0.3, -0.25) is 4.79 Å². The van der Waals surface area contributed by atoms with Gasteiger partial charge in [-0.2, -0.15) is 0 Å². The Morgan fingerprint density at radius 1 is 1.15 bits per heavy atom. The molecule has 0 saturated heterocycles. The summed E-state index contributed by atoms with van der Waals surface area (Å²) < 4.78 is 17.1. The molecule has 8 nitrogen and oxygen atoms in total. The summed E-state index contributed by atoms with van der Waals surface area (Å²) >= 11 is 1.06. The highest BCUT2D eigenvalue weighted by molar-refractivity contribution is 7.99. The van der Waals surface area contributed by atoms with E-state index < -0.39 is 5.95 Å². The summed E-state index contributed by atoms with van der Waals surface area (Å²) in [6.45, 7) is 0.979. The number of hydrogen-bond acceptors (Lipinski definition) is 7. The highest BCUT2D eigenvalue weighted by Crippen LogP contribution is 2.32. The lowest BCUT2D eigenvalue weighted by Crippen LogP contribution is -2.35. The zero-order chi connectivity index (χ0) is 18.6. The highest BCUT2D eigenvalue weighted by Gasteiger charge is 2.22. The Hall–Kier alpha value is -3.20. The third-order valence-electron chi connectivity index (χ3n) is 3.74. The van der Waals surface area contributed by atoms with Gasteiger partial charge in [0.25, 0.3) is 5.03 Å². The number of nitrogens with one attached hydrogen (secondary N) is 1. The number of thioether (sulfide) groups is 1. The van der Waals surface area contributed by atoms with Crippen LogP contribution in [0.5, 0.6) is 17.4 Å². The van der Waals surface area contributed by atoms with Crippen LogP contribution < -0.4 is 24.6 Å². The second-order valence-corrected chi connectivity index (χ2v) is 6.57. The van der Waals surface area contributed by atoms with Gasteiger partial charge >= 0.3 is 0 Å². The van der Waals surface area contributed by atoms with Gasteiger partial charge in [0.15, 0.2) is 17.4 Å². The van der Waals surface area contributed by atoms with E-state index in [1.54, 1.807) is 30.3 Å². The van der Waals surface area contributed by atoms with Gasteiger partial charge in [-0.15, -0.1) is 0 Å². The Balaban J connectivity index is 1.42. The molecule has 0 fully saturated rings. The molecule has 2 heterocycles. The molecule has 1 aromatic heterocycles. The van der Waals surface area contributed by atoms with Gasteiger partial charge in [-0.1, -0.05) is 18.2 Å². The molecule has 9 heteroatoms. The van der Waals surface area contributed by atoms with E-state index in [0.29, 0.717) is 36.1 Å². The topological polar surface area (TPSA) is 101 Å². The maximum Gasteiger partial charge on any atom is 0.298 e. The van der Waals surface area contributed by atoms with E-state index in [0.717, 1.165) is 11.8 Å². The Bertz CT molecular complexity index is 961. The number of amides is 1. The van der Waals surface area contributed by atoms with E-state index in [1.807, 2.05) is 18.2 Å². The van der Waals surface area contributed by atoms with Gasteiger partial charge in [0.05, 0.1) is 11.0 Å². The van der Waals surface area contributed by atoms with Crippen molar-refractivity contribution in [2.24, 2.45) is 0 Å². The Labute approximate surface area is 158 Å². The minimum Gasteiger partial charge on any atom is -0.538 e. The first-order valence-electron chi connectivity index (χ1n) is 8.17. The summed E-state index contributed by atoms with van der Waals surface area (Å²) in [5, 5.41) is 18.7. The van der Waals surface area contributed by atoms with E-state index in [9.17, 15) is 9.90 Å². The maximum atomic E-state index is 12.3. The molecule has 2 aromatic carbocycles. The van der Waals surface area contributed by atoms with E-state index >= 15 is 0 Å². The molecule has 0 aliphatic carbocycles. The van der Waals surface area contributed by atoms with Crippen LogP contribution in [0.15, 0.2) is 58.1 Å². The second kappa shape index (κ2) is 7.58. The Kier molecular flexibility index (Phi) is 4.84. The summed E-state index contributed by atoms with van der Waals surface area (Å²) in [6, 6.07) is 14.3. The van der Waals surface area contributed by atoms with Crippen LogP contribution in [-0.2, 0) is 4.79 Å². The summed E-state index contributed by atoms with van der Waals surface area (Å²) in [5.41, 5.74) is 1.27. The number of benzene rings is 2. The molecular weight excluding hydrogens is 370 g/mol. The number of aromatic nitrogens is 2. The van der Waals surface area contributed by atoms with Crippen LogP contribution in [0.1, 0.15) is 0 Å². The van der Waals surface area contributed by atoms with E-state index in [-0.39, 0.29) is 16.7 Å². The standard InChI is InChI=1S/C18H15N3O5S/c22-16(19-12-6-7-14-15(10-12)25-9-8-24-14)11-27-17-18(23)26-20-21(17)13-4-2-1-3-5-13/h1-7,10H,8-9,11H2,(H-,19,20,22,23). The maximum absolute atomic E-state index is 12.3. The van der Waals surface area contributed by atoms with Crippen LogP contribution in [0.4, 0.5) is 5.69 Å². The summed E-state index contributed by atoms with van der Waals surface area (Å²) in [7, 11) is 0. The molecule has 138 valence electrons. The minimum atomic E-state index is -0.587. The fourth-order valence-electron chi connectivity index (χ4n) is 2.55. The fraction of sp³-hybridized carbons (Fsp3) is 0.167. The Morgan fingerprint density at radius 3 is 2.74 bits per heavy atom. The van der Waals surface area contributed by atoms with Crippen molar-refractivity contribution in [2.45, 2.75) is 5.03 Å². The lowest BCUT2D eigenvalue weighted by atomic mass is 10.2. The molecule has 0 radical (unpaired) electrons. The van der Waals surface area contributed by atoms with Crippen LogP contribution in [0.25, 0.3) is 5.69 Å². The van der Waals surface area contributed by atoms with Crippen molar-refractivity contribution in [1.29, 1.82) is 0 Å². The van der Waals surface area contributed by atoms with Crippen molar-refractivity contribution in [2.75, 3.05) is 24.3 Å². The smallest absolute Gasteiger partial charge is 0.298 e. The number of fused-ring (bicyclic) bond motifs is 1. The van der Waals surface area contributed by atoms with Crippen molar-refractivity contribution in [1.82, 2.24) is 5.27 Å². The molecular formula is C18H15N3O5S. The Morgan fingerprint density at radius 2 is 1.93 bits per heavy atom. The average molecular weight is 385 g/mol. The number of hydrogen-bond donors (Lipinski definition) is 1. The van der Waals surface area contributed by atoms with Crippen LogP contribution >= 0.6 is 11.8 Å². The summed E-state index contributed by atoms with van der Waals surface area (Å²) in [4.78, 5) is 12.3.